The molecule has 26 heavy (non-hydrogen) atoms. The van der Waals surface area contributed by atoms with Gasteiger partial charge in [0, 0.05) is 18.5 Å². The van der Waals surface area contributed by atoms with Crippen LogP contribution in [0, 0.1) is 4.77 Å². The number of fused-ring (bicyclic) bond motifs is 1. The van der Waals surface area contributed by atoms with Crippen LogP contribution < -0.4 is 9.64 Å². The van der Waals surface area contributed by atoms with Gasteiger partial charge in [-0.05, 0) is 48.6 Å². The van der Waals surface area contributed by atoms with Gasteiger partial charge in [-0.25, -0.2) is 0 Å². The first-order valence-corrected chi connectivity index (χ1v) is 9.44. The van der Waals surface area contributed by atoms with Crippen molar-refractivity contribution in [3.63, 3.8) is 0 Å². The molecule has 1 aromatic heterocycles. The number of rotatable bonds is 4. The van der Waals surface area contributed by atoms with Gasteiger partial charge in [-0.3, -0.25) is 9.13 Å². The highest BCUT2D eigenvalue weighted by Gasteiger charge is 2.22. The van der Waals surface area contributed by atoms with Crippen molar-refractivity contribution in [3.8, 4) is 11.4 Å². The van der Waals surface area contributed by atoms with Gasteiger partial charge in [0.25, 0.3) is 0 Å². The summed E-state index contributed by atoms with van der Waals surface area (Å²) in [6, 6.07) is 16.3. The lowest BCUT2D eigenvalue weighted by molar-refractivity contribution is -0.928. The van der Waals surface area contributed by atoms with E-state index in [1.807, 2.05) is 30.3 Å². The van der Waals surface area contributed by atoms with Crippen molar-refractivity contribution in [2.45, 2.75) is 25.6 Å². The minimum atomic E-state index is -0.146. The van der Waals surface area contributed by atoms with Crippen molar-refractivity contribution in [2.24, 2.45) is 0 Å². The average Bonchev–Trinajstić information content (AvgIpc) is 2.95. The Balaban J connectivity index is 1.76. The number of aliphatic hydroxyl groups excluding tert-OH is 1. The number of imidazole rings is 1. The highest BCUT2D eigenvalue weighted by molar-refractivity contribution is 7.71. The van der Waals surface area contributed by atoms with Crippen LogP contribution in [0.4, 0.5) is 0 Å². The number of nitrogens with zero attached hydrogens (tertiary/aromatic N) is 2. The fraction of sp³-hybridized carbons (Fsp3) is 0.350. The van der Waals surface area contributed by atoms with Crippen LogP contribution in [0.2, 0.25) is 0 Å². The molecular weight excluding hydrogens is 346 g/mol. The van der Waals surface area contributed by atoms with Crippen LogP contribution in [0.15, 0.2) is 48.5 Å². The molecule has 5 nitrogen and oxygen atoms in total. The number of ether oxygens (including phenoxy) is 1. The number of aromatic nitrogens is 2. The van der Waals surface area contributed by atoms with Crippen LogP contribution in [-0.2, 0) is 6.67 Å². The van der Waals surface area contributed by atoms with Crippen molar-refractivity contribution in [3.05, 3.63) is 53.3 Å². The molecule has 1 aliphatic rings. The molecule has 3 aromatic rings. The second-order valence-corrected chi connectivity index (χ2v) is 7.24. The third kappa shape index (κ3) is 3.16. The Labute approximate surface area is 158 Å². The predicted molar refractivity (Wildman–Crippen MR) is 105 cm³/mol. The van der Waals surface area contributed by atoms with Gasteiger partial charge in [0.1, 0.15) is 5.75 Å². The van der Waals surface area contributed by atoms with E-state index in [1.165, 1.54) is 4.90 Å². The molecule has 2 aromatic carbocycles. The van der Waals surface area contributed by atoms with Crippen LogP contribution in [0.5, 0.6) is 5.75 Å². The molecule has 6 heteroatoms. The summed E-state index contributed by atoms with van der Waals surface area (Å²) in [5, 5.41) is 9.76. The molecule has 4 rings (SSSR count). The van der Waals surface area contributed by atoms with E-state index in [1.54, 1.807) is 7.11 Å². The van der Waals surface area contributed by atoms with E-state index in [9.17, 15) is 5.11 Å². The van der Waals surface area contributed by atoms with Gasteiger partial charge in [0.05, 0.1) is 37.3 Å². The zero-order chi connectivity index (χ0) is 18.1. The normalized spacial score (nSPS) is 20.4. The number of nitrogens with one attached hydrogen (secondary N) is 1. The third-order valence-corrected chi connectivity index (χ3v) is 5.61. The van der Waals surface area contributed by atoms with E-state index < -0.39 is 0 Å². The van der Waals surface area contributed by atoms with Gasteiger partial charge in [-0.1, -0.05) is 12.1 Å². The number of hydrogen-bond acceptors (Lipinski definition) is 3. The Morgan fingerprint density at radius 1 is 1.08 bits per heavy atom. The maximum absolute atomic E-state index is 9.76. The largest absolute Gasteiger partial charge is 0.497 e. The molecule has 0 spiro atoms. The van der Waals surface area contributed by atoms with E-state index in [0.29, 0.717) is 0 Å². The summed E-state index contributed by atoms with van der Waals surface area (Å²) >= 11 is 5.86. The summed E-state index contributed by atoms with van der Waals surface area (Å²) in [6.45, 7) is 2.78. The number of methoxy groups -OCH3 is 1. The third-order valence-electron chi connectivity index (χ3n) is 5.21. The predicted octanol–water partition coefficient (Wildman–Crippen LogP) is 2.17. The fourth-order valence-electron chi connectivity index (χ4n) is 3.73. The SMILES string of the molecule is COc1ccc(-n2c(=S)n(C[NH+]3CCC(O)CC3)c3ccccc32)cc1. The van der Waals surface area contributed by atoms with Crippen LogP contribution in [0.25, 0.3) is 16.7 Å². The molecule has 2 N–H and O–H groups in total. The molecule has 1 saturated heterocycles. The standard InChI is InChI=1S/C20H23N3O2S/c1-25-17-8-6-15(7-9-17)23-19-5-3-2-4-18(19)22(20(23)26)14-21-12-10-16(24)11-13-21/h2-9,16,24H,10-14H2,1H3/p+1. The van der Waals surface area contributed by atoms with E-state index in [2.05, 4.69) is 27.3 Å². The summed E-state index contributed by atoms with van der Waals surface area (Å²) < 4.78 is 10.4. The highest BCUT2D eigenvalue weighted by Crippen LogP contribution is 2.23. The monoisotopic (exact) mass is 370 g/mol. The van der Waals surface area contributed by atoms with E-state index in [-0.39, 0.29) is 6.10 Å². The van der Waals surface area contributed by atoms with Gasteiger partial charge in [0.2, 0.25) is 0 Å². The number of quaternary nitrogens is 1. The Morgan fingerprint density at radius 2 is 1.73 bits per heavy atom. The van der Waals surface area contributed by atoms with Crippen LogP contribution in [0.3, 0.4) is 0 Å². The van der Waals surface area contributed by atoms with Gasteiger partial charge in [0.15, 0.2) is 11.4 Å². The average molecular weight is 370 g/mol. The van der Waals surface area contributed by atoms with Crippen molar-refractivity contribution in [1.29, 1.82) is 0 Å². The Kier molecular flexibility index (Phi) is 4.80. The molecule has 0 atom stereocenters. The number of hydrogen-bond donors (Lipinski definition) is 2. The fourth-order valence-corrected chi connectivity index (χ4v) is 4.10. The lowest BCUT2D eigenvalue weighted by Gasteiger charge is -2.26. The summed E-state index contributed by atoms with van der Waals surface area (Å²) in [5.41, 5.74) is 3.29. The molecule has 1 fully saturated rings. The van der Waals surface area contributed by atoms with Crippen molar-refractivity contribution in [1.82, 2.24) is 9.13 Å². The van der Waals surface area contributed by atoms with Gasteiger partial charge >= 0.3 is 0 Å². The zero-order valence-electron chi connectivity index (χ0n) is 14.9. The molecule has 0 unspecified atom stereocenters. The molecule has 0 aliphatic carbocycles. The van der Waals surface area contributed by atoms with Crippen LogP contribution in [-0.4, -0.2) is 40.5 Å². The number of benzene rings is 2. The molecular formula is C20H24N3O2S+. The lowest BCUT2D eigenvalue weighted by Crippen LogP contribution is -3.12. The zero-order valence-corrected chi connectivity index (χ0v) is 15.7. The number of para-hydroxylation sites is 2. The molecule has 136 valence electrons. The van der Waals surface area contributed by atoms with Crippen molar-refractivity contribution in [2.75, 3.05) is 20.2 Å². The van der Waals surface area contributed by atoms with Crippen molar-refractivity contribution >= 4 is 23.3 Å². The van der Waals surface area contributed by atoms with Crippen molar-refractivity contribution < 1.29 is 14.7 Å². The first kappa shape index (κ1) is 17.3. The summed E-state index contributed by atoms with van der Waals surface area (Å²) in [7, 11) is 1.67. The van der Waals surface area contributed by atoms with Gasteiger partial charge in [-0.15, -0.1) is 0 Å². The molecule has 0 amide bonds. The maximum Gasteiger partial charge on any atom is 0.189 e. The number of aliphatic hydroxyl groups is 1. The maximum atomic E-state index is 9.76. The Bertz CT molecular complexity index is 953. The molecule has 0 radical (unpaired) electrons. The molecule has 0 saturated carbocycles. The van der Waals surface area contributed by atoms with Crippen LogP contribution in [0.1, 0.15) is 12.8 Å². The Morgan fingerprint density at radius 3 is 2.38 bits per heavy atom. The summed E-state index contributed by atoms with van der Waals surface area (Å²) in [5.74, 6) is 0.834. The second-order valence-electron chi connectivity index (χ2n) is 6.87. The first-order valence-electron chi connectivity index (χ1n) is 9.03. The minimum absolute atomic E-state index is 0.146. The highest BCUT2D eigenvalue weighted by atomic mass is 32.1. The van der Waals surface area contributed by atoms with Crippen LogP contribution >= 0.6 is 12.2 Å². The first-order chi connectivity index (χ1) is 12.7. The smallest absolute Gasteiger partial charge is 0.189 e. The second kappa shape index (κ2) is 7.23. The minimum Gasteiger partial charge on any atom is -0.497 e. The number of piperidine rings is 1. The quantitative estimate of drug-likeness (QED) is 0.692. The van der Waals surface area contributed by atoms with Gasteiger partial charge in [-0.2, -0.15) is 0 Å². The molecule has 2 heterocycles. The number of likely N-dealkylation sites (tertiary alicyclic amines) is 1. The topological polar surface area (TPSA) is 43.8 Å². The lowest BCUT2D eigenvalue weighted by atomic mass is 10.1. The Hall–Kier alpha value is -2.15. The molecule has 0 bridgehead atoms. The van der Waals surface area contributed by atoms with E-state index in [4.69, 9.17) is 17.0 Å². The summed E-state index contributed by atoms with van der Waals surface area (Å²) in [6.07, 6.45) is 1.58. The van der Waals surface area contributed by atoms with E-state index >= 15 is 0 Å². The van der Waals surface area contributed by atoms with E-state index in [0.717, 1.165) is 59.8 Å². The summed E-state index contributed by atoms with van der Waals surface area (Å²) in [4.78, 5) is 1.46. The van der Waals surface area contributed by atoms with Gasteiger partial charge < -0.3 is 14.7 Å². The molecule has 1 aliphatic heterocycles.